The van der Waals surface area contributed by atoms with E-state index in [0.717, 1.165) is 6.42 Å². The number of amides is 1. The highest BCUT2D eigenvalue weighted by atomic mass is 35.5. The fraction of sp³-hybridized carbons (Fsp3) is 0.350. The highest BCUT2D eigenvalue weighted by molar-refractivity contribution is 6.32. The summed E-state index contributed by atoms with van der Waals surface area (Å²) in [7, 11) is 0. The molecule has 0 spiro atoms. The smallest absolute Gasteiger partial charge is 0.218 e. The van der Waals surface area contributed by atoms with Gasteiger partial charge in [-0.15, -0.1) is 0 Å². The van der Waals surface area contributed by atoms with Crippen molar-refractivity contribution in [1.29, 1.82) is 0 Å². The van der Waals surface area contributed by atoms with E-state index in [2.05, 4.69) is 5.32 Å². The number of carbonyl (C=O) groups excluding carboxylic acids is 1. The van der Waals surface area contributed by atoms with Gasteiger partial charge in [-0.2, -0.15) is 0 Å². The van der Waals surface area contributed by atoms with Crippen LogP contribution >= 0.6 is 11.6 Å². The molecule has 26 heavy (non-hydrogen) atoms. The lowest BCUT2D eigenvalue weighted by Gasteiger charge is -2.24. The Hall–Kier alpha value is -2.11. The average Bonchev–Trinajstić information content (AvgIpc) is 2.58. The van der Waals surface area contributed by atoms with Gasteiger partial charge in [0.2, 0.25) is 5.91 Å². The molecule has 0 heterocycles. The van der Waals surface area contributed by atoms with Gasteiger partial charge in [-0.25, -0.2) is 4.39 Å². The first kappa shape index (κ1) is 20.2. The van der Waals surface area contributed by atoms with Crippen LogP contribution in [0.2, 0.25) is 5.02 Å². The molecule has 0 aliphatic carbocycles. The first-order chi connectivity index (χ1) is 12.4. The number of nitrogens with one attached hydrogen (secondary N) is 1. The van der Waals surface area contributed by atoms with Gasteiger partial charge in [0.1, 0.15) is 5.75 Å². The molecule has 0 aliphatic heterocycles. The van der Waals surface area contributed by atoms with Gasteiger partial charge < -0.3 is 15.8 Å². The number of nitrogens with two attached hydrogens (primary N) is 1. The minimum Gasteiger partial charge on any atom is -0.453 e. The molecule has 2 aromatic rings. The molecule has 0 radical (unpaired) electrons. The number of ether oxygens (including phenoxy) is 1. The largest absolute Gasteiger partial charge is 0.453 e. The molecule has 0 aliphatic rings. The second-order valence-corrected chi connectivity index (χ2v) is 6.68. The fourth-order valence-electron chi connectivity index (χ4n) is 2.84. The number of rotatable bonds is 9. The number of hydrogen-bond donors (Lipinski definition) is 2. The van der Waals surface area contributed by atoms with Gasteiger partial charge in [-0.05, 0) is 31.5 Å². The zero-order valence-corrected chi connectivity index (χ0v) is 15.7. The van der Waals surface area contributed by atoms with E-state index < -0.39 is 11.7 Å². The molecule has 0 aromatic heterocycles. The van der Waals surface area contributed by atoms with Crippen molar-refractivity contribution in [2.45, 2.75) is 45.2 Å². The van der Waals surface area contributed by atoms with E-state index >= 15 is 4.39 Å². The molecule has 6 heteroatoms. The van der Waals surface area contributed by atoms with E-state index in [4.69, 9.17) is 22.1 Å². The van der Waals surface area contributed by atoms with Crippen molar-refractivity contribution in [3.05, 3.63) is 58.9 Å². The molecule has 0 unspecified atom stereocenters. The van der Waals surface area contributed by atoms with Gasteiger partial charge in [0.25, 0.3) is 0 Å². The quantitative estimate of drug-likeness (QED) is 0.647. The third-order valence-corrected chi connectivity index (χ3v) is 4.29. The first-order valence-electron chi connectivity index (χ1n) is 8.67. The summed E-state index contributed by atoms with van der Waals surface area (Å²) in [5.41, 5.74) is 5.71. The first-order valence-corrected chi connectivity index (χ1v) is 9.05. The molecule has 2 atom stereocenters. The van der Waals surface area contributed by atoms with Crippen LogP contribution in [0.1, 0.15) is 44.7 Å². The molecule has 0 saturated carbocycles. The predicted octanol–water partition coefficient (Wildman–Crippen LogP) is 4.97. The molecule has 2 aromatic carbocycles. The van der Waals surface area contributed by atoms with Crippen LogP contribution in [0.5, 0.6) is 11.5 Å². The summed E-state index contributed by atoms with van der Waals surface area (Å²) < 4.78 is 20.8. The third kappa shape index (κ3) is 5.44. The molecular weight excluding hydrogens is 355 g/mol. The van der Waals surface area contributed by atoms with Crippen molar-refractivity contribution in [3.63, 3.8) is 0 Å². The third-order valence-electron chi connectivity index (χ3n) is 3.99. The Kier molecular flexibility index (Phi) is 7.42. The second kappa shape index (κ2) is 9.55. The van der Waals surface area contributed by atoms with Crippen molar-refractivity contribution >= 4 is 17.5 Å². The van der Waals surface area contributed by atoms with Crippen molar-refractivity contribution in [3.8, 4) is 11.5 Å². The summed E-state index contributed by atoms with van der Waals surface area (Å²) in [5.74, 6) is -0.392. The molecule has 0 saturated heterocycles. The number of hydrogen-bond acceptors (Lipinski definition) is 3. The summed E-state index contributed by atoms with van der Waals surface area (Å²) in [4.78, 5) is 11.1. The van der Waals surface area contributed by atoms with Crippen LogP contribution in [0.15, 0.2) is 42.5 Å². The van der Waals surface area contributed by atoms with Gasteiger partial charge in [-0.1, -0.05) is 49.2 Å². The van der Waals surface area contributed by atoms with Gasteiger partial charge in [0.05, 0.1) is 5.02 Å². The summed E-state index contributed by atoms with van der Waals surface area (Å²) in [5, 5.41) is 3.48. The fourth-order valence-corrected chi connectivity index (χ4v) is 3.02. The Morgan fingerprint density at radius 1 is 1.27 bits per heavy atom. The normalized spacial score (nSPS) is 13.2. The Bertz CT molecular complexity index is 740. The second-order valence-electron chi connectivity index (χ2n) is 6.27. The zero-order chi connectivity index (χ0) is 19.1. The van der Waals surface area contributed by atoms with E-state index in [1.807, 2.05) is 19.9 Å². The minimum absolute atomic E-state index is 0.000763. The van der Waals surface area contributed by atoms with E-state index in [1.54, 1.807) is 36.4 Å². The van der Waals surface area contributed by atoms with E-state index in [-0.39, 0.29) is 29.3 Å². The number of benzene rings is 2. The lowest BCUT2D eigenvalue weighted by atomic mass is 9.99. The molecule has 3 N–H and O–H groups in total. The Balaban J connectivity index is 2.31. The van der Waals surface area contributed by atoms with Gasteiger partial charge in [0.15, 0.2) is 11.6 Å². The number of primary amides is 1. The average molecular weight is 379 g/mol. The van der Waals surface area contributed by atoms with Crippen LogP contribution < -0.4 is 15.8 Å². The maximum absolute atomic E-state index is 15.2. The van der Waals surface area contributed by atoms with E-state index in [9.17, 15) is 4.79 Å². The lowest BCUT2D eigenvalue weighted by Crippen LogP contribution is -2.34. The molecule has 4 nitrogen and oxygen atoms in total. The lowest BCUT2D eigenvalue weighted by molar-refractivity contribution is -0.118. The Labute approximate surface area is 158 Å². The topological polar surface area (TPSA) is 64.3 Å². The van der Waals surface area contributed by atoms with Gasteiger partial charge >= 0.3 is 0 Å². The van der Waals surface area contributed by atoms with Crippen LogP contribution in [0.4, 0.5) is 4.39 Å². The molecule has 1 amide bonds. The number of carbonyl (C=O) groups is 1. The monoisotopic (exact) mass is 378 g/mol. The molecule has 2 rings (SSSR count). The summed E-state index contributed by atoms with van der Waals surface area (Å²) >= 11 is 6.16. The molecular formula is C20H24ClFN2O2. The van der Waals surface area contributed by atoms with Crippen LogP contribution in [0.3, 0.4) is 0 Å². The molecule has 0 fully saturated rings. The standard InChI is InChI=1S/C20H24ClFN2O2/c1-3-7-17(24-13(2)12-18(23)25)15-10-11-16(21)20(19(15)22)26-14-8-5-4-6-9-14/h4-6,8-11,13,17,24H,3,7,12H2,1-2H3,(H2,23,25)/t13-,17+/m0/s1. The van der Waals surface area contributed by atoms with Crippen LogP contribution in [-0.4, -0.2) is 11.9 Å². The van der Waals surface area contributed by atoms with Gasteiger partial charge in [-0.3, -0.25) is 4.79 Å². The van der Waals surface area contributed by atoms with Crippen molar-refractivity contribution in [2.24, 2.45) is 5.73 Å². The Morgan fingerprint density at radius 3 is 2.58 bits per heavy atom. The number of para-hydroxylation sites is 1. The molecule has 0 bridgehead atoms. The number of halogens is 2. The minimum atomic E-state index is -0.501. The predicted molar refractivity (Wildman–Crippen MR) is 102 cm³/mol. The summed E-state index contributed by atoms with van der Waals surface area (Å²) in [6.45, 7) is 3.87. The highest BCUT2D eigenvalue weighted by Crippen LogP contribution is 2.36. The van der Waals surface area contributed by atoms with Crippen LogP contribution in [-0.2, 0) is 4.79 Å². The zero-order valence-electron chi connectivity index (χ0n) is 15.0. The summed E-state index contributed by atoms with van der Waals surface area (Å²) in [6.07, 6.45) is 1.73. The maximum atomic E-state index is 15.2. The SMILES string of the molecule is CCC[C@@H](N[C@@H](C)CC(N)=O)c1ccc(Cl)c(Oc2ccccc2)c1F. The summed E-state index contributed by atoms with van der Waals surface area (Å²) in [6, 6.07) is 11.8. The van der Waals surface area contributed by atoms with Crippen LogP contribution in [0, 0.1) is 5.82 Å². The van der Waals surface area contributed by atoms with Crippen molar-refractivity contribution in [2.75, 3.05) is 0 Å². The van der Waals surface area contributed by atoms with Crippen molar-refractivity contribution < 1.29 is 13.9 Å². The molecule has 140 valence electrons. The van der Waals surface area contributed by atoms with Crippen LogP contribution in [0.25, 0.3) is 0 Å². The van der Waals surface area contributed by atoms with Gasteiger partial charge in [0, 0.05) is 24.1 Å². The maximum Gasteiger partial charge on any atom is 0.218 e. The van der Waals surface area contributed by atoms with E-state index in [1.165, 1.54) is 0 Å². The Morgan fingerprint density at radius 2 is 1.96 bits per heavy atom. The van der Waals surface area contributed by atoms with Crippen molar-refractivity contribution in [1.82, 2.24) is 5.32 Å². The highest BCUT2D eigenvalue weighted by Gasteiger charge is 2.22. The van der Waals surface area contributed by atoms with E-state index in [0.29, 0.717) is 17.7 Å².